The summed E-state index contributed by atoms with van der Waals surface area (Å²) in [5, 5.41) is 0. The van der Waals surface area contributed by atoms with Crippen LogP contribution >= 0.6 is 0 Å². The van der Waals surface area contributed by atoms with Crippen LogP contribution in [0.25, 0.3) is 0 Å². The maximum absolute atomic E-state index is 11.0. The van der Waals surface area contributed by atoms with Crippen molar-refractivity contribution in [3.63, 3.8) is 0 Å². The molecule has 1 aliphatic heterocycles. The van der Waals surface area contributed by atoms with E-state index in [2.05, 4.69) is 6.07 Å². The second-order valence-corrected chi connectivity index (χ2v) is 4.91. The molecule has 1 radical (unpaired) electrons. The summed E-state index contributed by atoms with van der Waals surface area (Å²) in [6, 6.07) is 7.18. The lowest BCUT2D eigenvalue weighted by Crippen LogP contribution is -2.36. The predicted octanol–water partition coefficient (Wildman–Crippen LogP) is 0.570. The van der Waals surface area contributed by atoms with Crippen LogP contribution in [-0.2, 0) is 14.9 Å². The summed E-state index contributed by atoms with van der Waals surface area (Å²) in [7, 11) is -4.14. The first-order chi connectivity index (χ1) is 7.57. The number of benzene rings is 1. The van der Waals surface area contributed by atoms with Gasteiger partial charge in [-0.1, -0.05) is 6.07 Å². The van der Waals surface area contributed by atoms with Crippen molar-refractivity contribution in [2.45, 2.75) is 4.90 Å². The van der Waals surface area contributed by atoms with Crippen LogP contribution in [0.5, 0.6) is 0 Å². The molecule has 6 heteroatoms. The summed E-state index contributed by atoms with van der Waals surface area (Å²) >= 11 is 0. The Kier molecular flexibility index (Phi) is 3.13. The van der Waals surface area contributed by atoms with Crippen LogP contribution in [0.15, 0.2) is 23.1 Å². The number of hydrogen-bond acceptors (Lipinski definition) is 4. The summed E-state index contributed by atoms with van der Waals surface area (Å²) in [4.78, 5) is 1.87. The fourth-order valence-electron chi connectivity index (χ4n) is 1.58. The van der Waals surface area contributed by atoms with Gasteiger partial charge in [-0.2, -0.15) is 8.42 Å². The average molecular weight is 242 g/mol. The molecular weight excluding hydrogens is 230 g/mol. The van der Waals surface area contributed by atoms with Crippen molar-refractivity contribution in [3.8, 4) is 0 Å². The average Bonchev–Trinajstić information content (AvgIpc) is 2.29. The molecule has 1 aliphatic rings. The van der Waals surface area contributed by atoms with Crippen LogP contribution in [-0.4, -0.2) is 39.3 Å². The molecule has 0 bridgehead atoms. The molecule has 0 aliphatic carbocycles. The van der Waals surface area contributed by atoms with E-state index in [0.717, 1.165) is 0 Å². The van der Waals surface area contributed by atoms with Crippen LogP contribution in [0.1, 0.15) is 0 Å². The van der Waals surface area contributed by atoms with E-state index >= 15 is 0 Å². The van der Waals surface area contributed by atoms with Crippen molar-refractivity contribution < 1.29 is 17.7 Å². The van der Waals surface area contributed by atoms with Gasteiger partial charge >= 0.3 is 0 Å². The van der Waals surface area contributed by atoms with Gasteiger partial charge in [0.25, 0.3) is 10.1 Å². The first kappa shape index (κ1) is 11.4. The third-order valence-electron chi connectivity index (χ3n) is 2.41. The van der Waals surface area contributed by atoms with E-state index < -0.39 is 10.1 Å². The second kappa shape index (κ2) is 4.40. The van der Waals surface area contributed by atoms with Gasteiger partial charge in [-0.3, -0.25) is 4.55 Å². The van der Waals surface area contributed by atoms with E-state index in [0.29, 0.717) is 32.0 Å². The van der Waals surface area contributed by atoms with Gasteiger partial charge < -0.3 is 9.64 Å². The minimum Gasteiger partial charge on any atom is -0.378 e. The molecule has 0 atom stereocenters. The zero-order chi connectivity index (χ0) is 11.6. The molecule has 0 amide bonds. The molecule has 1 aromatic carbocycles. The first-order valence-electron chi connectivity index (χ1n) is 4.89. The molecule has 0 aromatic heterocycles. The van der Waals surface area contributed by atoms with E-state index in [4.69, 9.17) is 9.29 Å². The van der Waals surface area contributed by atoms with E-state index in [1.165, 1.54) is 18.2 Å². The van der Waals surface area contributed by atoms with Crippen molar-refractivity contribution in [1.82, 2.24) is 0 Å². The van der Waals surface area contributed by atoms with Crippen LogP contribution in [0, 0.1) is 6.07 Å². The summed E-state index contributed by atoms with van der Waals surface area (Å²) < 4.78 is 36.1. The number of morpholine rings is 1. The maximum Gasteiger partial charge on any atom is 0.294 e. The molecule has 0 unspecified atom stereocenters. The molecule has 1 heterocycles. The normalized spacial score (nSPS) is 17.4. The molecule has 0 spiro atoms. The summed E-state index contributed by atoms with van der Waals surface area (Å²) in [6.45, 7) is 2.63. The van der Waals surface area contributed by atoms with Gasteiger partial charge in [0.15, 0.2) is 0 Å². The third kappa shape index (κ3) is 2.52. The van der Waals surface area contributed by atoms with E-state index in [-0.39, 0.29) is 4.90 Å². The Balaban J connectivity index is 2.28. The Morgan fingerprint density at radius 3 is 2.69 bits per heavy atom. The summed E-state index contributed by atoms with van der Waals surface area (Å²) in [5.41, 5.74) is 0.665. The standard InChI is InChI=1S/C10H12NO4S/c12-16(13,14)10-3-1-2-9(8-10)11-4-6-15-7-5-11/h1,3,8H,4-7H2,(H,12,13,14). The molecular formula is C10H12NO4S. The summed E-state index contributed by atoms with van der Waals surface area (Å²) in [6.07, 6.45) is 0. The van der Waals surface area contributed by atoms with Crippen molar-refractivity contribution >= 4 is 15.8 Å². The van der Waals surface area contributed by atoms with Gasteiger partial charge in [0, 0.05) is 24.8 Å². The minimum absolute atomic E-state index is 0.104. The lowest BCUT2D eigenvalue weighted by atomic mass is 10.2. The Morgan fingerprint density at radius 1 is 1.38 bits per heavy atom. The molecule has 1 aromatic rings. The number of hydrogen-bond donors (Lipinski definition) is 1. The van der Waals surface area contributed by atoms with Crippen LogP contribution in [0.3, 0.4) is 0 Å². The van der Waals surface area contributed by atoms with Gasteiger partial charge in [0.2, 0.25) is 0 Å². The van der Waals surface area contributed by atoms with E-state index in [1.807, 2.05) is 4.90 Å². The van der Waals surface area contributed by atoms with Gasteiger partial charge in [0.05, 0.1) is 18.1 Å². The van der Waals surface area contributed by atoms with Gasteiger partial charge in [-0.05, 0) is 12.1 Å². The number of ether oxygens (including phenoxy) is 1. The molecule has 2 rings (SSSR count). The molecule has 16 heavy (non-hydrogen) atoms. The molecule has 5 nitrogen and oxygen atoms in total. The van der Waals surface area contributed by atoms with Crippen LogP contribution in [0.2, 0.25) is 0 Å². The minimum atomic E-state index is -4.14. The second-order valence-electron chi connectivity index (χ2n) is 3.48. The smallest absolute Gasteiger partial charge is 0.294 e. The third-order valence-corrected chi connectivity index (χ3v) is 3.26. The van der Waals surface area contributed by atoms with Crippen molar-refractivity contribution in [1.29, 1.82) is 0 Å². The van der Waals surface area contributed by atoms with Crippen molar-refractivity contribution in [2.75, 3.05) is 31.2 Å². The number of rotatable bonds is 2. The Bertz CT molecular complexity index is 465. The Labute approximate surface area is 94.4 Å². The first-order valence-corrected chi connectivity index (χ1v) is 6.33. The van der Waals surface area contributed by atoms with Gasteiger partial charge in [-0.25, -0.2) is 0 Å². The highest BCUT2D eigenvalue weighted by Crippen LogP contribution is 2.19. The van der Waals surface area contributed by atoms with Crippen molar-refractivity contribution in [2.24, 2.45) is 0 Å². The molecule has 1 saturated heterocycles. The molecule has 1 N–H and O–H groups in total. The topological polar surface area (TPSA) is 66.8 Å². The fraction of sp³-hybridized carbons (Fsp3) is 0.400. The highest BCUT2D eigenvalue weighted by Gasteiger charge is 2.15. The Hall–Kier alpha value is -1.11. The quantitative estimate of drug-likeness (QED) is 0.768. The Morgan fingerprint density at radius 2 is 2.06 bits per heavy atom. The van der Waals surface area contributed by atoms with Crippen LogP contribution in [0.4, 0.5) is 5.69 Å². The van der Waals surface area contributed by atoms with Crippen molar-refractivity contribution in [3.05, 3.63) is 24.3 Å². The maximum atomic E-state index is 11.0. The molecule has 1 fully saturated rings. The highest BCUT2D eigenvalue weighted by molar-refractivity contribution is 7.85. The zero-order valence-electron chi connectivity index (χ0n) is 8.59. The van der Waals surface area contributed by atoms with Crippen LogP contribution < -0.4 is 4.90 Å². The number of nitrogens with zero attached hydrogens (tertiary/aromatic N) is 1. The molecule has 87 valence electrons. The zero-order valence-corrected chi connectivity index (χ0v) is 9.40. The fourth-order valence-corrected chi connectivity index (χ4v) is 2.08. The highest BCUT2D eigenvalue weighted by atomic mass is 32.2. The van der Waals surface area contributed by atoms with Gasteiger partial charge in [0.1, 0.15) is 0 Å². The van der Waals surface area contributed by atoms with Gasteiger partial charge in [-0.15, -0.1) is 0 Å². The lowest BCUT2D eigenvalue weighted by molar-refractivity contribution is 0.122. The molecule has 0 saturated carbocycles. The summed E-state index contributed by atoms with van der Waals surface area (Å²) in [5.74, 6) is 0. The monoisotopic (exact) mass is 242 g/mol. The van der Waals surface area contributed by atoms with E-state index in [9.17, 15) is 8.42 Å². The van der Waals surface area contributed by atoms with E-state index in [1.54, 1.807) is 0 Å². The largest absolute Gasteiger partial charge is 0.378 e. The predicted molar refractivity (Wildman–Crippen MR) is 58.1 cm³/mol. The lowest BCUT2D eigenvalue weighted by Gasteiger charge is -2.28. The SMILES string of the molecule is O=S(=O)(O)c1cc[c]c(N2CCOCC2)c1. The number of anilines is 1.